The Morgan fingerprint density at radius 2 is 2.00 bits per heavy atom. The maximum atomic E-state index is 13.0. The summed E-state index contributed by atoms with van der Waals surface area (Å²) in [6.07, 6.45) is 0.690. The third-order valence-electron chi connectivity index (χ3n) is 4.06. The molecular weight excluding hydrogens is 290 g/mol. The number of nitrogens with one attached hydrogen (secondary N) is 1. The Morgan fingerprint density at radius 3 is 2.57 bits per heavy atom. The van der Waals surface area contributed by atoms with Gasteiger partial charge in [-0.15, -0.1) is 0 Å². The van der Waals surface area contributed by atoms with E-state index in [9.17, 15) is 9.59 Å². The largest absolute Gasteiger partial charge is 0.335 e. The van der Waals surface area contributed by atoms with Gasteiger partial charge in [0.2, 0.25) is 5.91 Å². The lowest BCUT2D eigenvalue weighted by Crippen LogP contribution is -2.65. The van der Waals surface area contributed by atoms with Crippen LogP contribution in [0, 0.1) is 16.7 Å². The third-order valence-corrected chi connectivity index (χ3v) is 4.06. The van der Waals surface area contributed by atoms with Crippen LogP contribution in [0.1, 0.15) is 50.4 Å². The minimum absolute atomic E-state index is 0.0648. The van der Waals surface area contributed by atoms with Crippen LogP contribution in [0.3, 0.4) is 0 Å². The van der Waals surface area contributed by atoms with E-state index in [4.69, 9.17) is 5.26 Å². The number of rotatable bonds is 3. The summed E-state index contributed by atoms with van der Waals surface area (Å²) in [7, 11) is 0. The van der Waals surface area contributed by atoms with Crippen molar-refractivity contribution in [2.45, 2.75) is 52.2 Å². The van der Waals surface area contributed by atoms with E-state index in [0.717, 1.165) is 0 Å². The molecule has 2 amide bonds. The molecule has 0 aliphatic carbocycles. The molecule has 1 saturated heterocycles. The van der Waals surface area contributed by atoms with E-state index in [1.807, 2.05) is 39.0 Å². The van der Waals surface area contributed by atoms with Gasteiger partial charge in [-0.2, -0.15) is 5.26 Å². The Morgan fingerprint density at radius 1 is 1.35 bits per heavy atom. The summed E-state index contributed by atoms with van der Waals surface area (Å²) in [6, 6.07) is 10.9. The maximum absolute atomic E-state index is 13.0. The van der Waals surface area contributed by atoms with Crippen LogP contribution in [0.2, 0.25) is 0 Å². The molecule has 1 aromatic carbocycles. The van der Waals surface area contributed by atoms with Crippen molar-refractivity contribution in [3.63, 3.8) is 0 Å². The first kappa shape index (κ1) is 17.0. The standard InChI is InChI=1S/C18H23N3O2/c1-18(2,3)17-20-15(22)12-14(10-7-11-19)21(17)16(23)13-8-5-4-6-9-13/h4-6,8-9,14,17H,7,10,12H2,1-3H3,(H,20,22). The van der Waals surface area contributed by atoms with E-state index in [2.05, 4.69) is 11.4 Å². The molecular formula is C18H23N3O2. The number of hydrogen-bond acceptors (Lipinski definition) is 3. The third kappa shape index (κ3) is 3.89. The van der Waals surface area contributed by atoms with Gasteiger partial charge < -0.3 is 10.2 Å². The molecule has 1 aromatic rings. The second-order valence-corrected chi connectivity index (χ2v) is 6.97. The summed E-state index contributed by atoms with van der Waals surface area (Å²) < 4.78 is 0. The van der Waals surface area contributed by atoms with Gasteiger partial charge in [-0.05, 0) is 18.6 Å². The molecule has 5 heteroatoms. The molecule has 1 N–H and O–H groups in total. The summed E-state index contributed by atoms with van der Waals surface area (Å²) in [5.41, 5.74) is 0.297. The number of nitrogens with zero attached hydrogens (tertiary/aromatic N) is 2. The second-order valence-electron chi connectivity index (χ2n) is 6.97. The lowest BCUT2D eigenvalue weighted by molar-refractivity contribution is -0.130. The van der Waals surface area contributed by atoms with Crippen molar-refractivity contribution >= 4 is 11.8 Å². The minimum Gasteiger partial charge on any atom is -0.335 e. The highest BCUT2D eigenvalue weighted by molar-refractivity contribution is 5.96. The normalized spacial score (nSPS) is 21.5. The fourth-order valence-corrected chi connectivity index (χ4v) is 2.92. The van der Waals surface area contributed by atoms with Gasteiger partial charge in [0.1, 0.15) is 6.17 Å². The SMILES string of the molecule is CC(C)(C)C1NC(=O)CC(CCC#N)N1C(=O)c1ccccc1. The lowest BCUT2D eigenvalue weighted by Gasteiger charge is -2.47. The van der Waals surface area contributed by atoms with Crippen LogP contribution in [0.25, 0.3) is 0 Å². The molecule has 0 radical (unpaired) electrons. The van der Waals surface area contributed by atoms with Gasteiger partial charge in [-0.3, -0.25) is 9.59 Å². The van der Waals surface area contributed by atoms with Crippen LogP contribution in [0.5, 0.6) is 0 Å². The van der Waals surface area contributed by atoms with Crippen LogP contribution in [0.4, 0.5) is 0 Å². The first-order valence-electron chi connectivity index (χ1n) is 7.88. The van der Waals surface area contributed by atoms with Crippen molar-refractivity contribution in [2.75, 3.05) is 0 Å². The highest BCUT2D eigenvalue weighted by atomic mass is 16.2. The zero-order valence-electron chi connectivity index (χ0n) is 13.9. The van der Waals surface area contributed by atoms with Crippen molar-refractivity contribution < 1.29 is 9.59 Å². The molecule has 2 rings (SSSR count). The van der Waals surface area contributed by atoms with E-state index in [1.54, 1.807) is 17.0 Å². The molecule has 23 heavy (non-hydrogen) atoms. The topological polar surface area (TPSA) is 73.2 Å². The summed E-state index contributed by atoms with van der Waals surface area (Å²) >= 11 is 0. The predicted molar refractivity (Wildman–Crippen MR) is 87.2 cm³/mol. The van der Waals surface area contributed by atoms with Crippen molar-refractivity contribution in [2.24, 2.45) is 5.41 Å². The number of carbonyl (C=O) groups is 2. The summed E-state index contributed by atoms with van der Waals surface area (Å²) in [5, 5.41) is 11.8. The number of hydrogen-bond donors (Lipinski definition) is 1. The van der Waals surface area contributed by atoms with Crippen molar-refractivity contribution in [1.82, 2.24) is 10.2 Å². The summed E-state index contributed by atoms with van der Waals surface area (Å²) in [5.74, 6) is -0.168. The van der Waals surface area contributed by atoms with Gasteiger partial charge >= 0.3 is 0 Å². The first-order valence-corrected chi connectivity index (χ1v) is 7.88. The second kappa shape index (κ2) is 6.82. The molecule has 2 unspecified atom stereocenters. The molecule has 1 aliphatic heterocycles. The van der Waals surface area contributed by atoms with Crippen molar-refractivity contribution in [3.8, 4) is 6.07 Å². The number of benzene rings is 1. The molecule has 2 atom stereocenters. The highest BCUT2D eigenvalue weighted by Crippen LogP contribution is 2.31. The Balaban J connectivity index is 2.38. The summed E-state index contributed by atoms with van der Waals surface area (Å²) in [4.78, 5) is 26.9. The van der Waals surface area contributed by atoms with Crippen LogP contribution >= 0.6 is 0 Å². The monoisotopic (exact) mass is 313 g/mol. The van der Waals surface area contributed by atoms with Gasteiger partial charge in [0.25, 0.3) is 5.91 Å². The molecule has 1 aliphatic rings. The average Bonchev–Trinajstić information content (AvgIpc) is 2.51. The smallest absolute Gasteiger partial charge is 0.255 e. The van der Waals surface area contributed by atoms with Crippen LogP contribution in [0.15, 0.2) is 30.3 Å². The number of amides is 2. The van der Waals surface area contributed by atoms with Gasteiger partial charge in [0.15, 0.2) is 0 Å². The van der Waals surface area contributed by atoms with E-state index in [-0.39, 0.29) is 35.9 Å². The number of nitriles is 1. The number of carbonyl (C=O) groups excluding carboxylic acids is 2. The van der Waals surface area contributed by atoms with Crippen molar-refractivity contribution in [3.05, 3.63) is 35.9 Å². The predicted octanol–water partition coefficient (Wildman–Crippen LogP) is 2.69. The van der Waals surface area contributed by atoms with Crippen molar-refractivity contribution in [1.29, 1.82) is 5.26 Å². The van der Waals surface area contributed by atoms with E-state index < -0.39 is 0 Å². The Labute approximate surface area is 137 Å². The molecule has 0 bridgehead atoms. The summed E-state index contributed by atoms with van der Waals surface area (Å²) in [6.45, 7) is 5.99. The Hall–Kier alpha value is -2.35. The van der Waals surface area contributed by atoms with Gasteiger partial charge in [-0.25, -0.2) is 0 Å². The Kier molecular flexibility index (Phi) is 5.05. The fourth-order valence-electron chi connectivity index (χ4n) is 2.92. The lowest BCUT2D eigenvalue weighted by atomic mass is 9.86. The van der Waals surface area contributed by atoms with E-state index in [1.165, 1.54) is 0 Å². The van der Waals surface area contributed by atoms with Gasteiger partial charge in [0.05, 0.1) is 6.07 Å². The van der Waals surface area contributed by atoms with E-state index in [0.29, 0.717) is 18.4 Å². The maximum Gasteiger partial charge on any atom is 0.255 e. The van der Waals surface area contributed by atoms with Gasteiger partial charge in [-0.1, -0.05) is 39.0 Å². The molecule has 1 heterocycles. The zero-order valence-corrected chi connectivity index (χ0v) is 13.9. The van der Waals surface area contributed by atoms with Crippen LogP contribution < -0.4 is 5.32 Å². The zero-order chi connectivity index (χ0) is 17.0. The van der Waals surface area contributed by atoms with Crippen LogP contribution in [-0.2, 0) is 4.79 Å². The van der Waals surface area contributed by atoms with E-state index >= 15 is 0 Å². The van der Waals surface area contributed by atoms with Gasteiger partial charge in [0, 0.05) is 29.9 Å². The minimum atomic E-state index is -0.389. The Bertz CT molecular complexity index is 613. The molecule has 122 valence electrons. The first-order chi connectivity index (χ1) is 10.8. The average molecular weight is 313 g/mol. The molecule has 5 nitrogen and oxygen atoms in total. The highest BCUT2D eigenvalue weighted by Gasteiger charge is 2.42. The molecule has 0 spiro atoms. The molecule has 1 fully saturated rings. The molecule has 0 saturated carbocycles. The quantitative estimate of drug-likeness (QED) is 0.932. The molecule has 0 aromatic heterocycles. The fraction of sp³-hybridized carbons (Fsp3) is 0.500. The van der Waals surface area contributed by atoms with Crippen LogP contribution in [-0.4, -0.2) is 28.9 Å².